The summed E-state index contributed by atoms with van der Waals surface area (Å²) in [5, 5.41) is 2.53. The summed E-state index contributed by atoms with van der Waals surface area (Å²) in [5.41, 5.74) is 0.470. The molecule has 0 aromatic heterocycles. The van der Waals surface area contributed by atoms with Gasteiger partial charge in [0.05, 0.1) is 10.5 Å². The van der Waals surface area contributed by atoms with E-state index in [2.05, 4.69) is 15.0 Å². The van der Waals surface area contributed by atoms with Crippen LogP contribution >= 0.6 is 0 Å². The number of amides is 1. The Morgan fingerprint density at radius 2 is 1.88 bits per heavy atom. The molecule has 0 aliphatic carbocycles. The number of benzene rings is 2. The van der Waals surface area contributed by atoms with Gasteiger partial charge >= 0.3 is 5.97 Å². The number of anilines is 1. The van der Waals surface area contributed by atoms with E-state index in [0.29, 0.717) is 30.3 Å². The third-order valence-electron chi connectivity index (χ3n) is 5.00. The molecular weight excluding hydrogens is 450 g/mol. The largest absolute Gasteiger partial charge is 0.454 e. The Balaban J connectivity index is 1.34. The molecule has 11 heteroatoms. The number of esters is 1. The lowest BCUT2D eigenvalue weighted by atomic mass is 10.2. The van der Waals surface area contributed by atoms with Gasteiger partial charge in [0.15, 0.2) is 18.1 Å². The van der Waals surface area contributed by atoms with Crippen LogP contribution in [0.3, 0.4) is 0 Å². The third-order valence-corrected chi connectivity index (χ3v) is 6.38. The van der Waals surface area contributed by atoms with Gasteiger partial charge in [-0.25, -0.2) is 13.2 Å². The van der Waals surface area contributed by atoms with Crippen LogP contribution < -0.4 is 19.5 Å². The summed E-state index contributed by atoms with van der Waals surface area (Å²) in [6, 6.07) is 10.4. The first-order valence-corrected chi connectivity index (χ1v) is 11.9. The van der Waals surface area contributed by atoms with Gasteiger partial charge in [0.2, 0.25) is 6.79 Å². The van der Waals surface area contributed by atoms with Crippen LogP contribution in [0.2, 0.25) is 0 Å². The smallest absolute Gasteiger partial charge is 0.338 e. The van der Waals surface area contributed by atoms with Gasteiger partial charge in [-0.3, -0.25) is 14.5 Å². The fourth-order valence-corrected chi connectivity index (χ4v) is 4.48. The van der Waals surface area contributed by atoms with E-state index in [1.54, 1.807) is 12.1 Å². The average Bonchev–Trinajstić information content (AvgIpc) is 3.13. The van der Waals surface area contributed by atoms with Gasteiger partial charge in [-0.1, -0.05) is 12.5 Å². The van der Waals surface area contributed by atoms with E-state index in [1.807, 2.05) is 0 Å². The van der Waals surface area contributed by atoms with Crippen LogP contribution in [-0.4, -0.2) is 46.1 Å². The summed E-state index contributed by atoms with van der Waals surface area (Å²) in [6.07, 6.45) is 3.40. The predicted molar refractivity (Wildman–Crippen MR) is 119 cm³/mol. The maximum Gasteiger partial charge on any atom is 0.338 e. The van der Waals surface area contributed by atoms with Crippen molar-refractivity contribution in [2.75, 3.05) is 25.3 Å². The van der Waals surface area contributed by atoms with Crippen molar-refractivity contribution in [1.82, 2.24) is 4.72 Å². The Hall–Kier alpha value is -3.60. The zero-order valence-corrected chi connectivity index (χ0v) is 18.5. The van der Waals surface area contributed by atoms with Crippen LogP contribution in [0.5, 0.6) is 11.5 Å². The highest BCUT2D eigenvalue weighted by Gasteiger charge is 2.19. The number of ether oxygens (including phenoxy) is 3. The molecule has 1 amide bonds. The molecule has 2 aliphatic heterocycles. The first-order chi connectivity index (χ1) is 15.9. The first-order valence-electron chi connectivity index (χ1n) is 10.4. The summed E-state index contributed by atoms with van der Waals surface area (Å²) in [5.74, 6) is 0.0837. The van der Waals surface area contributed by atoms with Crippen molar-refractivity contribution in [3.8, 4) is 11.5 Å². The standard InChI is InChI=1S/C22H23N3O7S/c26-21(13-30-22(27)15-8-9-18-19(11-15)32-14-31-18)24-16-5-4-6-17(12-16)33(28,29)25-20-7-2-1-3-10-23-20/h4-6,8-9,11-12H,1-3,7,10,13-14H2,(H,23,25)(H,24,26). The third kappa shape index (κ3) is 5.80. The number of nitrogens with zero attached hydrogens (tertiary/aromatic N) is 1. The van der Waals surface area contributed by atoms with E-state index >= 15 is 0 Å². The van der Waals surface area contributed by atoms with Crippen molar-refractivity contribution in [3.63, 3.8) is 0 Å². The number of carbonyl (C=O) groups excluding carboxylic acids is 2. The van der Waals surface area contributed by atoms with Gasteiger partial charge < -0.3 is 19.5 Å². The van der Waals surface area contributed by atoms with Gasteiger partial charge in [0, 0.05) is 18.7 Å². The van der Waals surface area contributed by atoms with Gasteiger partial charge in [-0.15, -0.1) is 0 Å². The minimum absolute atomic E-state index is 0.00963. The van der Waals surface area contributed by atoms with E-state index in [4.69, 9.17) is 14.2 Å². The lowest BCUT2D eigenvalue weighted by molar-refractivity contribution is -0.119. The minimum Gasteiger partial charge on any atom is -0.454 e. The number of hydrogen-bond donors (Lipinski definition) is 2. The normalized spacial score (nSPS) is 15.2. The van der Waals surface area contributed by atoms with Crippen LogP contribution in [0.15, 0.2) is 52.4 Å². The monoisotopic (exact) mass is 473 g/mol. The molecule has 0 spiro atoms. The molecule has 4 rings (SSSR count). The number of amidine groups is 1. The molecule has 2 aliphatic rings. The van der Waals surface area contributed by atoms with Crippen LogP contribution in [0, 0.1) is 0 Å². The number of fused-ring (bicyclic) bond motifs is 1. The molecule has 2 aromatic rings. The van der Waals surface area contributed by atoms with E-state index in [-0.39, 0.29) is 22.9 Å². The van der Waals surface area contributed by atoms with Crippen molar-refractivity contribution in [2.45, 2.75) is 30.6 Å². The number of sulfonamides is 1. The molecular formula is C22H23N3O7S. The molecule has 2 heterocycles. The van der Waals surface area contributed by atoms with Crippen molar-refractivity contribution in [3.05, 3.63) is 48.0 Å². The SMILES string of the molecule is O=C(COC(=O)c1ccc2c(c1)OCO2)Nc1cccc(S(=O)(=O)NC2=NCCCCC2)c1. The van der Waals surface area contributed by atoms with Crippen LogP contribution in [-0.2, 0) is 19.6 Å². The number of aliphatic imine (C=N–C) groups is 1. The number of nitrogens with one attached hydrogen (secondary N) is 2. The highest BCUT2D eigenvalue weighted by atomic mass is 32.2. The zero-order chi connectivity index (χ0) is 23.3. The molecule has 33 heavy (non-hydrogen) atoms. The first kappa shape index (κ1) is 22.6. The topological polar surface area (TPSA) is 132 Å². The second kappa shape index (κ2) is 9.90. The molecule has 0 unspecified atom stereocenters. The number of rotatable bonds is 6. The molecule has 0 saturated heterocycles. The van der Waals surface area contributed by atoms with Crippen molar-refractivity contribution in [1.29, 1.82) is 0 Å². The number of carbonyl (C=O) groups is 2. The quantitative estimate of drug-likeness (QED) is 0.616. The lowest BCUT2D eigenvalue weighted by Gasteiger charge is -2.11. The molecule has 0 bridgehead atoms. The van der Waals surface area contributed by atoms with Crippen LogP contribution in [0.25, 0.3) is 0 Å². The van der Waals surface area contributed by atoms with Crippen molar-refractivity contribution in [2.24, 2.45) is 4.99 Å². The highest BCUT2D eigenvalue weighted by Crippen LogP contribution is 2.32. The van der Waals surface area contributed by atoms with Gasteiger partial charge in [0.1, 0.15) is 5.84 Å². The Morgan fingerprint density at radius 3 is 2.76 bits per heavy atom. The molecule has 2 N–H and O–H groups in total. The van der Waals surface area contributed by atoms with E-state index < -0.39 is 28.5 Å². The average molecular weight is 474 g/mol. The van der Waals surface area contributed by atoms with Crippen LogP contribution in [0.4, 0.5) is 5.69 Å². The van der Waals surface area contributed by atoms with Crippen LogP contribution in [0.1, 0.15) is 36.0 Å². The molecule has 10 nitrogen and oxygen atoms in total. The molecule has 0 radical (unpaired) electrons. The van der Waals surface area contributed by atoms with E-state index in [9.17, 15) is 18.0 Å². The zero-order valence-electron chi connectivity index (χ0n) is 17.7. The molecule has 174 valence electrons. The van der Waals surface area contributed by atoms with E-state index in [0.717, 1.165) is 19.3 Å². The Bertz CT molecular complexity index is 1190. The van der Waals surface area contributed by atoms with Crippen molar-refractivity contribution >= 4 is 33.4 Å². The van der Waals surface area contributed by atoms with Crippen molar-refractivity contribution < 1.29 is 32.2 Å². The maximum atomic E-state index is 12.7. The lowest BCUT2D eigenvalue weighted by Crippen LogP contribution is -2.30. The summed E-state index contributed by atoms with van der Waals surface area (Å²) < 4.78 is 43.4. The highest BCUT2D eigenvalue weighted by molar-refractivity contribution is 7.90. The summed E-state index contributed by atoms with van der Waals surface area (Å²) in [7, 11) is -3.84. The Labute approximate surface area is 191 Å². The van der Waals surface area contributed by atoms with Gasteiger partial charge in [0.25, 0.3) is 15.9 Å². The number of hydrogen-bond acceptors (Lipinski definition) is 8. The second-order valence-corrected chi connectivity index (χ2v) is 9.15. The molecule has 0 atom stereocenters. The fraction of sp³-hybridized carbons (Fsp3) is 0.318. The van der Waals surface area contributed by atoms with Gasteiger partial charge in [-0.2, -0.15) is 0 Å². The summed E-state index contributed by atoms with van der Waals surface area (Å²) in [6.45, 7) is 0.132. The maximum absolute atomic E-state index is 12.7. The Kier molecular flexibility index (Phi) is 6.78. The molecule has 0 saturated carbocycles. The van der Waals surface area contributed by atoms with Gasteiger partial charge in [-0.05, 0) is 49.2 Å². The predicted octanol–water partition coefficient (Wildman–Crippen LogP) is 2.46. The fourth-order valence-electron chi connectivity index (χ4n) is 3.35. The molecule has 0 fully saturated rings. The van der Waals surface area contributed by atoms with E-state index in [1.165, 1.54) is 30.3 Å². The summed E-state index contributed by atoms with van der Waals surface area (Å²) in [4.78, 5) is 28.7. The minimum atomic E-state index is -3.84. The second-order valence-electron chi connectivity index (χ2n) is 7.46. The molecule has 2 aromatic carbocycles. The Morgan fingerprint density at radius 1 is 1.03 bits per heavy atom. The summed E-state index contributed by atoms with van der Waals surface area (Å²) >= 11 is 0.